The Morgan fingerprint density at radius 2 is 1.95 bits per heavy atom. The molecule has 0 amide bonds. The fraction of sp³-hybridized carbons (Fsp3) is 0.0667. The minimum Gasteiger partial charge on any atom is -0.458 e. The lowest BCUT2D eigenvalue weighted by atomic mass is 10.1. The predicted molar refractivity (Wildman–Crippen MR) is 76.1 cm³/mol. The molecule has 1 aromatic heterocycles. The largest absolute Gasteiger partial charge is 0.458 e. The van der Waals surface area contributed by atoms with Gasteiger partial charge < -0.3 is 15.3 Å². The van der Waals surface area contributed by atoms with Crippen molar-refractivity contribution in [2.75, 3.05) is 5.73 Å². The maximum atomic E-state index is 10.3. The number of halogens is 1. The van der Waals surface area contributed by atoms with Crippen LogP contribution in [-0.2, 0) is 0 Å². The van der Waals surface area contributed by atoms with E-state index in [-0.39, 0.29) is 0 Å². The van der Waals surface area contributed by atoms with Crippen LogP contribution in [0.25, 0.3) is 11.0 Å². The molecular formula is C15H12ClNO2. The molecule has 3 rings (SSSR count). The third-order valence-corrected chi connectivity index (χ3v) is 3.23. The number of benzene rings is 2. The van der Waals surface area contributed by atoms with Gasteiger partial charge in [-0.2, -0.15) is 0 Å². The van der Waals surface area contributed by atoms with E-state index in [0.29, 0.717) is 27.6 Å². The van der Waals surface area contributed by atoms with E-state index in [9.17, 15) is 5.11 Å². The van der Waals surface area contributed by atoms with Crippen molar-refractivity contribution in [1.29, 1.82) is 0 Å². The third kappa shape index (κ3) is 2.30. The minimum absolute atomic E-state index is 0.475. The summed E-state index contributed by atoms with van der Waals surface area (Å²) in [5.41, 5.74) is 7.71. The maximum absolute atomic E-state index is 10.3. The second kappa shape index (κ2) is 4.61. The first-order valence-corrected chi connectivity index (χ1v) is 6.24. The average Bonchev–Trinajstić information content (AvgIpc) is 2.80. The molecule has 0 bridgehead atoms. The Hall–Kier alpha value is -1.97. The number of nitrogen functional groups attached to an aromatic ring is 1. The topological polar surface area (TPSA) is 59.4 Å². The van der Waals surface area contributed by atoms with E-state index in [1.54, 1.807) is 48.5 Å². The molecule has 0 radical (unpaired) electrons. The smallest absolute Gasteiger partial charge is 0.138 e. The van der Waals surface area contributed by atoms with Crippen LogP contribution in [0.4, 0.5) is 5.69 Å². The van der Waals surface area contributed by atoms with Crippen LogP contribution in [0.5, 0.6) is 0 Å². The highest BCUT2D eigenvalue weighted by Crippen LogP contribution is 2.30. The Kier molecular flexibility index (Phi) is 2.93. The van der Waals surface area contributed by atoms with Gasteiger partial charge in [-0.25, -0.2) is 0 Å². The molecular weight excluding hydrogens is 262 g/mol. The van der Waals surface area contributed by atoms with Gasteiger partial charge in [0.15, 0.2) is 0 Å². The van der Waals surface area contributed by atoms with Crippen molar-refractivity contribution >= 4 is 28.3 Å². The fourth-order valence-electron chi connectivity index (χ4n) is 2.06. The molecule has 96 valence electrons. The SMILES string of the molecule is Nc1cccc(C(O)c2cc3cc(Cl)ccc3o2)c1. The summed E-state index contributed by atoms with van der Waals surface area (Å²) in [6.07, 6.45) is -0.838. The van der Waals surface area contributed by atoms with Crippen molar-refractivity contribution in [3.63, 3.8) is 0 Å². The molecule has 3 aromatic rings. The number of anilines is 1. The number of nitrogens with two attached hydrogens (primary N) is 1. The van der Waals surface area contributed by atoms with Crippen LogP contribution in [0.1, 0.15) is 17.4 Å². The van der Waals surface area contributed by atoms with Gasteiger partial charge in [-0.05, 0) is 42.0 Å². The van der Waals surface area contributed by atoms with E-state index >= 15 is 0 Å². The van der Waals surface area contributed by atoms with Gasteiger partial charge in [0.05, 0.1) is 0 Å². The zero-order valence-corrected chi connectivity index (χ0v) is 10.8. The fourth-order valence-corrected chi connectivity index (χ4v) is 2.24. The number of hydrogen-bond donors (Lipinski definition) is 2. The number of fused-ring (bicyclic) bond motifs is 1. The van der Waals surface area contributed by atoms with E-state index in [4.69, 9.17) is 21.8 Å². The first-order chi connectivity index (χ1) is 9.13. The standard InChI is InChI=1S/C15H12ClNO2/c16-11-4-5-13-10(6-11)8-14(19-13)15(18)9-2-1-3-12(17)7-9/h1-8,15,18H,17H2. The summed E-state index contributed by atoms with van der Waals surface area (Å²) in [5.74, 6) is 0.475. The molecule has 0 aliphatic carbocycles. The highest BCUT2D eigenvalue weighted by atomic mass is 35.5. The van der Waals surface area contributed by atoms with Crippen LogP contribution in [0.3, 0.4) is 0 Å². The van der Waals surface area contributed by atoms with Gasteiger partial charge in [0, 0.05) is 16.1 Å². The molecule has 0 aliphatic heterocycles. The summed E-state index contributed by atoms with van der Waals surface area (Å²) in [7, 11) is 0. The molecule has 1 heterocycles. The van der Waals surface area contributed by atoms with Gasteiger partial charge in [0.1, 0.15) is 17.4 Å². The van der Waals surface area contributed by atoms with Crippen LogP contribution < -0.4 is 5.73 Å². The summed E-state index contributed by atoms with van der Waals surface area (Å²) in [6.45, 7) is 0. The average molecular weight is 274 g/mol. The number of hydrogen-bond acceptors (Lipinski definition) is 3. The zero-order chi connectivity index (χ0) is 13.4. The normalized spacial score (nSPS) is 12.7. The molecule has 0 saturated heterocycles. The summed E-state index contributed by atoms with van der Waals surface area (Å²) < 4.78 is 5.63. The van der Waals surface area contributed by atoms with Gasteiger partial charge in [-0.1, -0.05) is 23.7 Å². The van der Waals surface area contributed by atoms with Crippen molar-refractivity contribution in [2.45, 2.75) is 6.10 Å². The second-order valence-electron chi connectivity index (χ2n) is 4.40. The van der Waals surface area contributed by atoms with Gasteiger partial charge >= 0.3 is 0 Å². The molecule has 1 unspecified atom stereocenters. The Morgan fingerprint density at radius 3 is 2.74 bits per heavy atom. The van der Waals surface area contributed by atoms with Gasteiger partial charge in [0.25, 0.3) is 0 Å². The van der Waals surface area contributed by atoms with Crippen molar-refractivity contribution in [1.82, 2.24) is 0 Å². The molecule has 3 nitrogen and oxygen atoms in total. The van der Waals surface area contributed by atoms with Crippen molar-refractivity contribution < 1.29 is 9.52 Å². The summed E-state index contributed by atoms with van der Waals surface area (Å²) in [6, 6.07) is 14.2. The predicted octanol–water partition coefficient (Wildman–Crippen LogP) is 3.75. The molecule has 0 fully saturated rings. The Balaban J connectivity index is 2.04. The van der Waals surface area contributed by atoms with Crippen LogP contribution in [0.2, 0.25) is 5.02 Å². The van der Waals surface area contributed by atoms with Crippen molar-refractivity contribution in [2.24, 2.45) is 0 Å². The summed E-state index contributed by atoms with van der Waals surface area (Å²) in [5, 5.41) is 11.8. The van der Waals surface area contributed by atoms with Crippen LogP contribution >= 0.6 is 11.6 Å². The maximum Gasteiger partial charge on any atom is 0.138 e. The van der Waals surface area contributed by atoms with E-state index in [1.165, 1.54) is 0 Å². The molecule has 1 atom stereocenters. The molecule has 4 heteroatoms. The van der Waals surface area contributed by atoms with Gasteiger partial charge in [-0.15, -0.1) is 0 Å². The third-order valence-electron chi connectivity index (χ3n) is 2.99. The lowest BCUT2D eigenvalue weighted by Gasteiger charge is -2.08. The molecule has 3 N–H and O–H groups in total. The van der Waals surface area contributed by atoms with Crippen LogP contribution in [0, 0.1) is 0 Å². The van der Waals surface area contributed by atoms with Gasteiger partial charge in [0.2, 0.25) is 0 Å². The van der Waals surface area contributed by atoms with Crippen LogP contribution in [0.15, 0.2) is 52.9 Å². The first kappa shape index (κ1) is 12.1. The Bertz CT molecular complexity index is 736. The quantitative estimate of drug-likeness (QED) is 0.699. The lowest BCUT2D eigenvalue weighted by molar-refractivity contribution is 0.192. The summed E-state index contributed by atoms with van der Waals surface area (Å²) in [4.78, 5) is 0. The van der Waals surface area contributed by atoms with E-state index in [2.05, 4.69) is 0 Å². The van der Waals surface area contributed by atoms with Crippen LogP contribution in [-0.4, -0.2) is 5.11 Å². The Morgan fingerprint density at radius 1 is 1.11 bits per heavy atom. The zero-order valence-electron chi connectivity index (χ0n) is 10.0. The van der Waals surface area contributed by atoms with Gasteiger partial charge in [-0.3, -0.25) is 0 Å². The molecule has 2 aromatic carbocycles. The van der Waals surface area contributed by atoms with E-state index in [1.807, 2.05) is 0 Å². The van der Waals surface area contributed by atoms with E-state index in [0.717, 1.165) is 5.39 Å². The number of furan rings is 1. The highest BCUT2D eigenvalue weighted by molar-refractivity contribution is 6.31. The summed E-state index contributed by atoms with van der Waals surface area (Å²) >= 11 is 5.92. The minimum atomic E-state index is -0.838. The van der Waals surface area contributed by atoms with E-state index < -0.39 is 6.10 Å². The van der Waals surface area contributed by atoms with Crippen molar-refractivity contribution in [3.05, 3.63) is 64.9 Å². The van der Waals surface area contributed by atoms with Crippen molar-refractivity contribution in [3.8, 4) is 0 Å². The number of aliphatic hydroxyl groups excluding tert-OH is 1. The second-order valence-corrected chi connectivity index (χ2v) is 4.84. The molecule has 0 aliphatic rings. The monoisotopic (exact) mass is 273 g/mol. The number of aliphatic hydroxyl groups is 1. The number of rotatable bonds is 2. The lowest BCUT2D eigenvalue weighted by Crippen LogP contribution is -1.98. The first-order valence-electron chi connectivity index (χ1n) is 5.86. The highest BCUT2D eigenvalue weighted by Gasteiger charge is 2.15. The Labute approximate surface area is 115 Å². The molecule has 0 spiro atoms. The molecule has 19 heavy (non-hydrogen) atoms. The molecule has 0 saturated carbocycles.